The maximum atomic E-state index is 10.6. The molecule has 0 fully saturated rings. The molecule has 1 unspecified atom stereocenters. The van der Waals surface area contributed by atoms with Gasteiger partial charge in [0.25, 0.3) is 5.69 Å². The first kappa shape index (κ1) is 13.2. The number of benzene rings is 1. The Balaban J connectivity index is 2.75. The van der Waals surface area contributed by atoms with E-state index in [2.05, 4.69) is 5.32 Å². The minimum atomic E-state index is -0.809. The summed E-state index contributed by atoms with van der Waals surface area (Å²) in [7, 11) is 0. The molecule has 17 heavy (non-hydrogen) atoms. The molecule has 4 N–H and O–H groups in total. The largest absolute Gasteiger partial charge is 0.393 e. The van der Waals surface area contributed by atoms with E-state index < -0.39 is 10.5 Å². The minimum Gasteiger partial charge on any atom is -0.393 e. The zero-order valence-electron chi connectivity index (χ0n) is 9.93. The van der Waals surface area contributed by atoms with Crippen LogP contribution in [0.1, 0.15) is 20.3 Å². The van der Waals surface area contributed by atoms with Crippen LogP contribution in [0, 0.1) is 10.1 Å². The number of nitro benzene ring substituents is 1. The second-order valence-electron chi connectivity index (χ2n) is 4.23. The van der Waals surface area contributed by atoms with E-state index in [0.29, 0.717) is 18.7 Å². The number of nitrogens with one attached hydrogen (secondary N) is 1. The first-order valence-corrected chi connectivity index (χ1v) is 5.36. The van der Waals surface area contributed by atoms with Crippen molar-refractivity contribution in [3.8, 4) is 0 Å². The molecule has 0 aliphatic carbocycles. The molecule has 0 saturated carbocycles. The van der Waals surface area contributed by atoms with Crippen LogP contribution in [0.25, 0.3) is 0 Å². The minimum absolute atomic E-state index is 0.108. The van der Waals surface area contributed by atoms with Gasteiger partial charge in [-0.1, -0.05) is 6.92 Å². The molecule has 6 nitrogen and oxygen atoms in total. The lowest BCUT2D eigenvalue weighted by Crippen LogP contribution is -2.32. The third-order valence-corrected chi connectivity index (χ3v) is 2.66. The van der Waals surface area contributed by atoms with Crippen LogP contribution >= 0.6 is 0 Å². The van der Waals surface area contributed by atoms with Crippen LogP contribution in [0.4, 0.5) is 17.1 Å². The topological polar surface area (TPSA) is 101 Å². The fraction of sp³-hybridized carbons (Fsp3) is 0.455. The number of rotatable bonds is 5. The highest BCUT2D eigenvalue weighted by Crippen LogP contribution is 2.25. The van der Waals surface area contributed by atoms with Crippen LogP contribution in [0.5, 0.6) is 0 Å². The van der Waals surface area contributed by atoms with Gasteiger partial charge >= 0.3 is 0 Å². The van der Waals surface area contributed by atoms with Crippen molar-refractivity contribution in [2.24, 2.45) is 0 Å². The highest BCUT2D eigenvalue weighted by atomic mass is 16.6. The molecule has 0 radical (unpaired) electrons. The quantitative estimate of drug-likeness (QED) is 0.413. The summed E-state index contributed by atoms with van der Waals surface area (Å²) in [6, 6.07) is 4.41. The summed E-state index contributed by atoms with van der Waals surface area (Å²) in [5.74, 6) is 0. The molecule has 1 rings (SSSR count). The van der Waals surface area contributed by atoms with Crippen molar-refractivity contribution < 1.29 is 10.0 Å². The van der Waals surface area contributed by atoms with Crippen molar-refractivity contribution in [2.45, 2.75) is 25.9 Å². The van der Waals surface area contributed by atoms with Gasteiger partial charge in [-0.05, 0) is 25.5 Å². The van der Waals surface area contributed by atoms with E-state index in [-0.39, 0.29) is 11.4 Å². The highest BCUT2D eigenvalue weighted by molar-refractivity contribution is 5.65. The molecule has 0 bridgehead atoms. The van der Waals surface area contributed by atoms with Gasteiger partial charge in [-0.2, -0.15) is 0 Å². The second kappa shape index (κ2) is 5.01. The molecule has 1 aromatic rings. The van der Waals surface area contributed by atoms with E-state index in [1.807, 2.05) is 6.92 Å². The fourth-order valence-corrected chi connectivity index (χ4v) is 1.25. The Morgan fingerprint density at radius 1 is 1.59 bits per heavy atom. The van der Waals surface area contributed by atoms with Crippen molar-refractivity contribution in [3.63, 3.8) is 0 Å². The Labute approximate surface area is 99.6 Å². The third kappa shape index (κ3) is 3.60. The number of nitrogens with two attached hydrogens (primary N) is 1. The summed E-state index contributed by atoms with van der Waals surface area (Å²) in [6.07, 6.45) is 0.614. The third-order valence-electron chi connectivity index (χ3n) is 2.66. The van der Waals surface area contributed by atoms with E-state index in [4.69, 9.17) is 5.73 Å². The van der Waals surface area contributed by atoms with Gasteiger partial charge in [0.05, 0.1) is 10.5 Å². The number of aliphatic hydroxyl groups is 1. The van der Waals surface area contributed by atoms with E-state index in [0.717, 1.165) is 0 Å². The molecular formula is C11H17N3O3. The summed E-state index contributed by atoms with van der Waals surface area (Å²) in [4.78, 5) is 10.0. The lowest BCUT2D eigenvalue weighted by Gasteiger charge is -2.22. The second-order valence-corrected chi connectivity index (χ2v) is 4.23. The van der Waals surface area contributed by atoms with Gasteiger partial charge in [-0.15, -0.1) is 0 Å². The van der Waals surface area contributed by atoms with E-state index in [1.54, 1.807) is 13.0 Å². The number of anilines is 2. The Bertz CT molecular complexity index is 418. The van der Waals surface area contributed by atoms with Crippen LogP contribution in [0.3, 0.4) is 0 Å². The number of nitrogen functional groups attached to an aromatic ring is 1. The monoisotopic (exact) mass is 239 g/mol. The number of nitro groups is 1. The smallest absolute Gasteiger partial charge is 0.292 e. The summed E-state index contributed by atoms with van der Waals surface area (Å²) in [6.45, 7) is 3.96. The molecule has 1 aromatic carbocycles. The van der Waals surface area contributed by atoms with Crippen LogP contribution in [0.2, 0.25) is 0 Å². The molecule has 1 atom stereocenters. The van der Waals surface area contributed by atoms with Gasteiger partial charge < -0.3 is 16.2 Å². The zero-order chi connectivity index (χ0) is 13.1. The van der Waals surface area contributed by atoms with Gasteiger partial charge in [0.2, 0.25) is 0 Å². The molecule has 0 aromatic heterocycles. The van der Waals surface area contributed by atoms with Crippen molar-refractivity contribution in [3.05, 3.63) is 28.3 Å². The Morgan fingerprint density at radius 3 is 2.71 bits per heavy atom. The van der Waals surface area contributed by atoms with Gasteiger partial charge in [-0.25, -0.2) is 0 Å². The average Bonchev–Trinajstić information content (AvgIpc) is 2.26. The molecule has 0 aliphatic rings. The molecule has 6 heteroatoms. The molecule has 0 aliphatic heterocycles. The number of nitrogens with zero attached hydrogens (tertiary/aromatic N) is 1. The first-order chi connectivity index (χ1) is 7.85. The average molecular weight is 239 g/mol. The molecule has 0 saturated heterocycles. The van der Waals surface area contributed by atoms with E-state index in [1.165, 1.54) is 12.1 Å². The lowest BCUT2D eigenvalue weighted by atomic mass is 10.0. The van der Waals surface area contributed by atoms with Crippen molar-refractivity contribution in [2.75, 3.05) is 17.6 Å². The standard InChI is InChI=1S/C11H17N3O3/c1-3-11(2,15)7-13-8-4-5-10(14(16)17)9(12)6-8/h4-6,13,15H,3,7,12H2,1-2H3. The van der Waals surface area contributed by atoms with Crippen LogP contribution in [-0.2, 0) is 0 Å². The van der Waals surface area contributed by atoms with Crippen LogP contribution in [-0.4, -0.2) is 22.2 Å². The SMILES string of the molecule is CCC(C)(O)CNc1ccc([N+](=O)[O-])c(N)c1. The van der Waals surface area contributed by atoms with Crippen LogP contribution < -0.4 is 11.1 Å². The maximum absolute atomic E-state index is 10.6. The fourth-order valence-electron chi connectivity index (χ4n) is 1.25. The number of hydrogen-bond acceptors (Lipinski definition) is 5. The highest BCUT2D eigenvalue weighted by Gasteiger charge is 2.17. The Kier molecular flexibility index (Phi) is 3.90. The van der Waals surface area contributed by atoms with Gasteiger partial charge in [-0.3, -0.25) is 10.1 Å². The molecular weight excluding hydrogens is 222 g/mol. The van der Waals surface area contributed by atoms with Crippen molar-refractivity contribution in [1.82, 2.24) is 0 Å². The van der Waals surface area contributed by atoms with Gasteiger partial charge in [0.1, 0.15) is 5.69 Å². The summed E-state index contributed by atoms with van der Waals surface area (Å²) in [5, 5.41) is 23.3. The van der Waals surface area contributed by atoms with E-state index >= 15 is 0 Å². The van der Waals surface area contributed by atoms with Gasteiger partial charge in [0, 0.05) is 18.3 Å². The Hall–Kier alpha value is -1.82. The number of hydrogen-bond donors (Lipinski definition) is 3. The Morgan fingerprint density at radius 2 is 2.24 bits per heavy atom. The summed E-state index contributed by atoms with van der Waals surface area (Å²) >= 11 is 0. The zero-order valence-corrected chi connectivity index (χ0v) is 9.93. The maximum Gasteiger partial charge on any atom is 0.292 e. The molecule has 0 heterocycles. The van der Waals surface area contributed by atoms with E-state index in [9.17, 15) is 15.2 Å². The normalized spacial score (nSPS) is 14.1. The van der Waals surface area contributed by atoms with Crippen LogP contribution in [0.15, 0.2) is 18.2 Å². The predicted molar refractivity (Wildman–Crippen MR) is 66.9 cm³/mol. The van der Waals surface area contributed by atoms with Gasteiger partial charge in [0.15, 0.2) is 0 Å². The first-order valence-electron chi connectivity index (χ1n) is 5.36. The van der Waals surface area contributed by atoms with Crippen molar-refractivity contribution >= 4 is 17.1 Å². The molecule has 94 valence electrons. The summed E-state index contributed by atoms with van der Waals surface area (Å²) in [5.41, 5.74) is 5.39. The summed E-state index contributed by atoms with van der Waals surface area (Å²) < 4.78 is 0. The molecule has 0 spiro atoms. The van der Waals surface area contributed by atoms with Crippen molar-refractivity contribution in [1.29, 1.82) is 0 Å². The lowest BCUT2D eigenvalue weighted by molar-refractivity contribution is -0.383. The molecule has 0 amide bonds. The predicted octanol–water partition coefficient (Wildman–Crippen LogP) is 1.75.